The second-order valence-corrected chi connectivity index (χ2v) is 6.77. The quantitative estimate of drug-likeness (QED) is 0.810. The Morgan fingerprint density at radius 2 is 1.94 bits per heavy atom. The monoisotopic (exact) mass is 240 g/mol. The van der Waals surface area contributed by atoms with Crippen molar-refractivity contribution in [3.05, 3.63) is 0 Å². The van der Waals surface area contributed by atoms with Crippen LogP contribution in [0.2, 0.25) is 0 Å². The number of rotatable bonds is 4. The van der Waals surface area contributed by atoms with Gasteiger partial charge < -0.3 is 5.32 Å². The molecule has 92 valence electrons. The third-order valence-electron chi connectivity index (χ3n) is 4.46. The second-order valence-electron chi connectivity index (χ2n) is 5.69. The third kappa shape index (κ3) is 2.41. The van der Waals surface area contributed by atoms with E-state index >= 15 is 0 Å². The molecule has 1 heterocycles. The Morgan fingerprint density at radius 3 is 2.69 bits per heavy atom. The van der Waals surface area contributed by atoms with Crippen LogP contribution in [0.4, 0.5) is 0 Å². The number of hydrogen-bond acceptors (Lipinski definition) is 3. The van der Waals surface area contributed by atoms with Crippen LogP contribution in [-0.4, -0.2) is 47.6 Å². The highest BCUT2D eigenvalue weighted by Gasteiger charge is 2.36. The molecular weight excluding hydrogens is 216 g/mol. The molecule has 2 aliphatic carbocycles. The highest BCUT2D eigenvalue weighted by Crippen LogP contribution is 2.34. The van der Waals surface area contributed by atoms with Crippen LogP contribution in [0.25, 0.3) is 0 Å². The smallest absolute Gasteiger partial charge is 0.0215 e. The Kier molecular flexibility index (Phi) is 3.46. The molecule has 0 spiro atoms. The minimum absolute atomic E-state index is 0.801. The standard InChI is InChI=1S/C13H24N2S/c1-16-13-4-2-3-12(13)15-8-7-11(9-15)14-10-5-6-10/h10-14H,2-9H2,1H3. The van der Waals surface area contributed by atoms with Gasteiger partial charge in [-0.15, -0.1) is 0 Å². The summed E-state index contributed by atoms with van der Waals surface area (Å²) in [6.45, 7) is 2.66. The fourth-order valence-corrected chi connectivity index (χ4v) is 4.43. The topological polar surface area (TPSA) is 15.3 Å². The lowest BCUT2D eigenvalue weighted by atomic mass is 10.2. The summed E-state index contributed by atoms with van der Waals surface area (Å²) < 4.78 is 0. The van der Waals surface area contributed by atoms with Gasteiger partial charge in [-0.2, -0.15) is 11.8 Å². The molecule has 2 nitrogen and oxygen atoms in total. The van der Waals surface area contributed by atoms with Crippen LogP contribution in [0.5, 0.6) is 0 Å². The predicted octanol–water partition coefficient (Wildman–Crippen LogP) is 2.10. The van der Waals surface area contributed by atoms with E-state index in [0.29, 0.717) is 0 Å². The van der Waals surface area contributed by atoms with Crippen molar-refractivity contribution >= 4 is 11.8 Å². The highest BCUT2D eigenvalue weighted by atomic mass is 32.2. The lowest BCUT2D eigenvalue weighted by Gasteiger charge is -2.28. The summed E-state index contributed by atoms with van der Waals surface area (Å²) in [4.78, 5) is 2.77. The molecule has 1 saturated heterocycles. The van der Waals surface area contributed by atoms with E-state index in [9.17, 15) is 0 Å². The zero-order valence-corrected chi connectivity index (χ0v) is 11.1. The molecule has 3 heteroatoms. The van der Waals surface area contributed by atoms with Gasteiger partial charge in [0.2, 0.25) is 0 Å². The first kappa shape index (κ1) is 11.4. The molecular formula is C13H24N2S. The van der Waals surface area contributed by atoms with Crippen LogP contribution in [0, 0.1) is 0 Å². The van der Waals surface area contributed by atoms with Gasteiger partial charge in [0.25, 0.3) is 0 Å². The van der Waals surface area contributed by atoms with Crippen LogP contribution >= 0.6 is 11.8 Å². The van der Waals surface area contributed by atoms with Crippen LogP contribution in [0.1, 0.15) is 38.5 Å². The summed E-state index contributed by atoms with van der Waals surface area (Å²) in [5, 5.41) is 4.71. The van der Waals surface area contributed by atoms with Gasteiger partial charge in [-0.25, -0.2) is 0 Å². The number of likely N-dealkylation sites (tertiary alicyclic amines) is 1. The van der Waals surface area contributed by atoms with E-state index in [2.05, 4.69) is 28.2 Å². The first-order valence-electron chi connectivity index (χ1n) is 6.89. The average Bonchev–Trinajstić information content (AvgIpc) is 2.82. The van der Waals surface area contributed by atoms with Gasteiger partial charge in [-0.1, -0.05) is 6.42 Å². The van der Waals surface area contributed by atoms with Crippen molar-refractivity contribution < 1.29 is 0 Å². The number of nitrogens with zero attached hydrogens (tertiary/aromatic N) is 1. The molecule has 0 radical (unpaired) electrons. The zero-order valence-electron chi connectivity index (χ0n) is 10.3. The molecule has 16 heavy (non-hydrogen) atoms. The minimum Gasteiger partial charge on any atom is -0.310 e. The Bertz CT molecular complexity index is 242. The highest BCUT2D eigenvalue weighted by molar-refractivity contribution is 7.99. The molecule has 0 aromatic carbocycles. The summed E-state index contributed by atoms with van der Waals surface area (Å²) in [5.41, 5.74) is 0. The maximum absolute atomic E-state index is 3.79. The van der Waals surface area contributed by atoms with Crippen molar-refractivity contribution in [2.24, 2.45) is 0 Å². The number of hydrogen-bond donors (Lipinski definition) is 1. The predicted molar refractivity (Wildman–Crippen MR) is 71.1 cm³/mol. The Hall–Kier alpha value is 0.270. The molecule has 3 rings (SSSR count). The van der Waals surface area contributed by atoms with Crippen molar-refractivity contribution in [3.63, 3.8) is 0 Å². The van der Waals surface area contributed by atoms with Gasteiger partial charge in [0.15, 0.2) is 0 Å². The van der Waals surface area contributed by atoms with Crippen molar-refractivity contribution in [2.75, 3.05) is 19.3 Å². The number of thioether (sulfide) groups is 1. The average molecular weight is 240 g/mol. The maximum Gasteiger partial charge on any atom is 0.0215 e. The summed E-state index contributed by atoms with van der Waals surface area (Å²) in [6, 6.07) is 2.57. The van der Waals surface area contributed by atoms with Gasteiger partial charge in [0.05, 0.1) is 0 Å². The zero-order chi connectivity index (χ0) is 11.0. The second kappa shape index (κ2) is 4.87. The van der Waals surface area contributed by atoms with E-state index in [-0.39, 0.29) is 0 Å². The van der Waals surface area contributed by atoms with Gasteiger partial charge >= 0.3 is 0 Å². The molecule has 3 unspecified atom stereocenters. The van der Waals surface area contributed by atoms with Crippen LogP contribution in [0.3, 0.4) is 0 Å². The first-order valence-corrected chi connectivity index (χ1v) is 8.18. The Balaban J connectivity index is 1.51. The van der Waals surface area contributed by atoms with E-state index in [4.69, 9.17) is 0 Å². The maximum atomic E-state index is 3.79. The molecule has 3 aliphatic rings. The van der Waals surface area contributed by atoms with E-state index in [1.54, 1.807) is 0 Å². The summed E-state index contributed by atoms with van der Waals surface area (Å²) in [5.74, 6) is 0. The van der Waals surface area contributed by atoms with Gasteiger partial charge in [0, 0.05) is 36.5 Å². The fraction of sp³-hybridized carbons (Fsp3) is 1.00. The molecule has 0 aromatic heterocycles. The van der Waals surface area contributed by atoms with Crippen molar-refractivity contribution in [1.82, 2.24) is 10.2 Å². The molecule has 0 bridgehead atoms. The Labute approximate surface area is 104 Å². The lowest BCUT2D eigenvalue weighted by Crippen LogP contribution is -2.40. The van der Waals surface area contributed by atoms with Crippen LogP contribution in [0.15, 0.2) is 0 Å². The molecule has 3 atom stereocenters. The van der Waals surface area contributed by atoms with Crippen molar-refractivity contribution in [2.45, 2.75) is 61.9 Å². The summed E-state index contributed by atoms with van der Waals surface area (Å²) in [6.07, 6.45) is 10.9. The normalized spacial score (nSPS) is 40.7. The van der Waals surface area contributed by atoms with Gasteiger partial charge in [-0.3, -0.25) is 4.90 Å². The van der Waals surface area contributed by atoms with E-state index in [1.807, 2.05) is 0 Å². The molecule has 3 fully saturated rings. The Morgan fingerprint density at radius 1 is 1.06 bits per heavy atom. The SMILES string of the molecule is CSC1CCCC1N1CCC(NC2CC2)C1. The molecule has 2 saturated carbocycles. The van der Waals surface area contributed by atoms with E-state index < -0.39 is 0 Å². The van der Waals surface area contributed by atoms with E-state index in [1.165, 1.54) is 51.6 Å². The first-order chi connectivity index (χ1) is 7.86. The van der Waals surface area contributed by atoms with Crippen LogP contribution < -0.4 is 5.32 Å². The molecule has 1 N–H and O–H groups in total. The third-order valence-corrected chi connectivity index (χ3v) is 5.61. The summed E-state index contributed by atoms with van der Waals surface area (Å²) >= 11 is 2.09. The van der Waals surface area contributed by atoms with Crippen LogP contribution in [-0.2, 0) is 0 Å². The molecule has 0 aromatic rings. The van der Waals surface area contributed by atoms with Crippen molar-refractivity contribution in [1.29, 1.82) is 0 Å². The molecule has 1 aliphatic heterocycles. The number of nitrogens with one attached hydrogen (secondary N) is 1. The van der Waals surface area contributed by atoms with Gasteiger partial charge in [-0.05, 0) is 38.4 Å². The van der Waals surface area contributed by atoms with E-state index in [0.717, 1.165) is 23.4 Å². The fourth-order valence-electron chi connectivity index (χ4n) is 3.41. The van der Waals surface area contributed by atoms with Crippen molar-refractivity contribution in [3.8, 4) is 0 Å². The van der Waals surface area contributed by atoms with Gasteiger partial charge in [0.1, 0.15) is 0 Å². The molecule has 0 amide bonds. The minimum atomic E-state index is 0.801. The largest absolute Gasteiger partial charge is 0.310 e. The summed E-state index contributed by atoms with van der Waals surface area (Å²) in [7, 11) is 0. The lowest BCUT2D eigenvalue weighted by molar-refractivity contribution is 0.244.